The van der Waals surface area contributed by atoms with Gasteiger partial charge in [0.1, 0.15) is 5.82 Å². The number of halogens is 2. The van der Waals surface area contributed by atoms with Gasteiger partial charge < -0.3 is 14.8 Å². The van der Waals surface area contributed by atoms with E-state index in [0.717, 1.165) is 54.9 Å². The first-order chi connectivity index (χ1) is 14.4. The minimum absolute atomic E-state index is 0. The van der Waals surface area contributed by atoms with Crippen molar-refractivity contribution < 1.29 is 4.39 Å². The average Bonchev–Trinajstić information content (AvgIpc) is 3.24. The predicted octanol–water partition coefficient (Wildman–Crippen LogP) is 6.03. The highest BCUT2D eigenvalue weighted by atomic mass is 35.5. The van der Waals surface area contributed by atoms with Crippen LogP contribution in [0.3, 0.4) is 0 Å². The second-order valence-corrected chi connectivity index (χ2v) is 9.54. The second kappa shape index (κ2) is 8.53. The third-order valence-electron chi connectivity index (χ3n) is 6.99. The minimum atomic E-state index is -0.185. The van der Waals surface area contributed by atoms with Gasteiger partial charge in [-0.15, -0.1) is 12.4 Å². The number of anilines is 1. The van der Waals surface area contributed by atoms with Crippen molar-refractivity contribution in [3.63, 3.8) is 0 Å². The number of aromatic amines is 1. The van der Waals surface area contributed by atoms with Crippen LogP contribution in [0.5, 0.6) is 0 Å². The van der Waals surface area contributed by atoms with Crippen molar-refractivity contribution >= 4 is 46.2 Å². The fourth-order valence-corrected chi connectivity index (χ4v) is 5.49. The van der Waals surface area contributed by atoms with Gasteiger partial charge >= 0.3 is 0 Å². The van der Waals surface area contributed by atoms with Gasteiger partial charge in [0, 0.05) is 41.3 Å². The molecule has 1 saturated heterocycles. The van der Waals surface area contributed by atoms with Crippen molar-refractivity contribution in [1.82, 2.24) is 9.88 Å². The fraction of sp³-hybridized carbons (Fsp3) is 0.400. The lowest BCUT2D eigenvalue weighted by atomic mass is 9.87. The van der Waals surface area contributed by atoms with Gasteiger partial charge in [-0.05, 0) is 81.1 Å². The summed E-state index contributed by atoms with van der Waals surface area (Å²) in [6, 6.07) is 13.7. The van der Waals surface area contributed by atoms with Crippen LogP contribution < -0.4 is 4.90 Å². The topological polar surface area (TPSA) is 22.3 Å². The molecule has 2 aliphatic rings. The summed E-state index contributed by atoms with van der Waals surface area (Å²) >= 11 is 5.85. The van der Waals surface area contributed by atoms with Crippen LogP contribution >= 0.6 is 24.6 Å². The first-order valence-electron chi connectivity index (χ1n) is 10.9. The number of para-hydroxylation sites is 1. The molecule has 0 spiro atoms. The molecule has 6 heteroatoms. The van der Waals surface area contributed by atoms with Crippen molar-refractivity contribution in [3.05, 3.63) is 65.6 Å². The fourth-order valence-electron chi connectivity index (χ4n) is 5.19. The van der Waals surface area contributed by atoms with Gasteiger partial charge in [0.15, 0.2) is 0 Å². The van der Waals surface area contributed by atoms with Gasteiger partial charge in [-0.1, -0.05) is 30.4 Å². The van der Waals surface area contributed by atoms with Crippen LogP contribution in [0, 0.1) is 5.82 Å². The zero-order valence-corrected chi connectivity index (χ0v) is 19.7. The molecule has 31 heavy (non-hydrogen) atoms. The molecule has 0 saturated carbocycles. The Kier molecular flexibility index (Phi) is 6.12. The number of H-pyrrole nitrogens is 1. The summed E-state index contributed by atoms with van der Waals surface area (Å²) in [4.78, 5) is 9.17. The van der Waals surface area contributed by atoms with E-state index in [1.54, 1.807) is 12.1 Å². The summed E-state index contributed by atoms with van der Waals surface area (Å²) < 4.78 is 13.5. The molecule has 0 aliphatic carbocycles. The Hall–Kier alpha value is -1.95. The lowest BCUT2D eigenvalue weighted by Crippen LogP contribution is -2.42. The SMILES string of the molecule is CC1(C)C(=S)N(CCN2CCC(c3c[nH]c4cc(F)ccc34)CC2)c2ccccc21.Cl. The summed E-state index contributed by atoms with van der Waals surface area (Å²) in [6.45, 7) is 8.60. The third-order valence-corrected chi connectivity index (χ3v) is 7.72. The smallest absolute Gasteiger partial charge is 0.125 e. The van der Waals surface area contributed by atoms with E-state index >= 15 is 0 Å². The number of hydrogen-bond acceptors (Lipinski definition) is 2. The van der Waals surface area contributed by atoms with Crippen LogP contribution in [-0.4, -0.2) is 41.1 Å². The number of aromatic nitrogens is 1. The van der Waals surface area contributed by atoms with Crippen molar-refractivity contribution in [2.75, 3.05) is 31.1 Å². The van der Waals surface area contributed by atoms with E-state index in [9.17, 15) is 4.39 Å². The van der Waals surface area contributed by atoms with E-state index in [0.29, 0.717) is 5.92 Å². The third kappa shape index (κ3) is 3.88. The van der Waals surface area contributed by atoms with Gasteiger partial charge in [0.2, 0.25) is 0 Å². The van der Waals surface area contributed by atoms with Gasteiger partial charge in [0.25, 0.3) is 0 Å². The molecular formula is C25H29ClFN3S. The Labute approximate surface area is 195 Å². The molecule has 1 N–H and O–H groups in total. The van der Waals surface area contributed by atoms with Crippen LogP contribution in [0.4, 0.5) is 10.1 Å². The normalized spacial score (nSPS) is 18.9. The first kappa shape index (κ1) is 22.3. The van der Waals surface area contributed by atoms with E-state index in [2.05, 4.69) is 59.1 Å². The molecule has 0 bridgehead atoms. The summed E-state index contributed by atoms with van der Waals surface area (Å²) in [6.07, 6.45) is 4.35. The molecule has 0 amide bonds. The number of nitrogens with one attached hydrogen (secondary N) is 1. The Morgan fingerprint density at radius 2 is 1.84 bits per heavy atom. The highest BCUT2D eigenvalue weighted by Crippen LogP contribution is 2.42. The molecule has 3 heterocycles. The highest BCUT2D eigenvalue weighted by Gasteiger charge is 2.40. The van der Waals surface area contributed by atoms with E-state index < -0.39 is 0 Å². The summed E-state index contributed by atoms with van der Waals surface area (Å²) in [5.74, 6) is 0.350. The van der Waals surface area contributed by atoms with Crippen molar-refractivity contribution in [1.29, 1.82) is 0 Å². The van der Waals surface area contributed by atoms with Crippen LogP contribution in [0.15, 0.2) is 48.7 Å². The maximum atomic E-state index is 13.5. The standard InChI is InChI=1S/C25H28FN3S.ClH/c1-25(2)21-5-3-4-6-23(21)29(24(25)30)14-13-28-11-9-17(10-12-28)20-16-27-22-15-18(26)7-8-19(20)22;/h3-8,15-17,27H,9-14H2,1-2H3;1H. The van der Waals surface area contributed by atoms with Gasteiger partial charge in [-0.3, -0.25) is 0 Å². The lowest BCUT2D eigenvalue weighted by Gasteiger charge is -2.33. The van der Waals surface area contributed by atoms with Crippen LogP contribution in [0.2, 0.25) is 0 Å². The van der Waals surface area contributed by atoms with Gasteiger partial charge in [-0.25, -0.2) is 4.39 Å². The molecule has 164 valence electrons. The maximum Gasteiger partial charge on any atom is 0.125 e. The molecule has 0 radical (unpaired) electrons. The Bertz CT molecular complexity index is 1100. The quantitative estimate of drug-likeness (QED) is 0.483. The zero-order valence-electron chi connectivity index (χ0n) is 18.0. The second-order valence-electron chi connectivity index (χ2n) is 9.15. The summed E-state index contributed by atoms with van der Waals surface area (Å²) in [5.41, 5.74) is 4.77. The summed E-state index contributed by atoms with van der Waals surface area (Å²) in [5, 5.41) is 1.16. The first-order valence-corrected chi connectivity index (χ1v) is 11.3. The Morgan fingerprint density at radius 1 is 1.10 bits per heavy atom. The number of fused-ring (bicyclic) bond motifs is 2. The Balaban J connectivity index is 0.00000231. The number of likely N-dealkylation sites (tertiary alicyclic amines) is 1. The van der Waals surface area contributed by atoms with Gasteiger partial charge in [-0.2, -0.15) is 0 Å². The molecular weight excluding hydrogens is 429 g/mol. The van der Waals surface area contributed by atoms with E-state index in [1.165, 1.54) is 16.8 Å². The van der Waals surface area contributed by atoms with Crippen molar-refractivity contribution in [3.8, 4) is 0 Å². The monoisotopic (exact) mass is 457 g/mol. The molecule has 3 aromatic rings. The predicted molar refractivity (Wildman–Crippen MR) is 133 cm³/mol. The maximum absolute atomic E-state index is 13.5. The van der Waals surface area contributed by atoms with Crippen molar-refractivity contribution in [2.24, 2.45) is 0 Å². The molecule has 2 aromatic carbocycles. The average molecular weight is 458 g/mol. The molecule has 3 nitrogen and oxygen atoms in total. The largest absolute Gasteiger partial charge is 0.361 e. The highest BCUT2D eigenvalue weighted by molar-refractivity contribution is 7.80. The van der Waals surface area contributed by atoms with Crippen LogP contribution in [-0.2, 0) is 5.41 Å². The van der Waals surface area contributed by atoms with E-state index in [-0.39, 0.29) is 23.6 Å². The zero-order chi connectivity index (χ0) is 20.9. The number of rotatable bonds is 4. The molecule has 2 aliphatic heterocycles. The Morgan fingerprint density at radius 3 is 2.61 bits per heavy atom. The van der Waals surface area contributed by atoms with E-state index in [4.69, 9.17) is 12.2 Å². The number of thiocarbonyl (C=S) groups is 1. The molecule has 1 fully saturated rings. The van der Waals surface area contributed by atoms with Gasteiger partial charge in [0.05, 0.1) is 4.99 Å². The number of hydrogen-bond donors (Lipinski definition) is 1. The molecule has 0 atom stereocenters. The summed E-state index contributed by atoms with van der Waals surface area (Å²) in [7, 11) is 0. The van der Waals surface area contributed by atoms with Crippen molar-refractivity contribution in [2.45, 2.75) is 38.0 Å². The number of benzene rings is 2. The lowest BCUT2D eigenvalue weighted by molar-refractivity contribution is 0.218. The van der Waals surface area contributed by atoms with E-state index in [1.807, 2.05) is 6.07 Å². The molecule has 5 rings (SSSR count). The van der Waals surface area contributed by atoms with Crippen LogP contribution in [0.25, 0.3) is 10.9 Å². The minimum Gasteiger partial charge on any atom is -0.361 e. The molecule has 1 aromatic heterocycles. The number of nitrogens with zero attached hydrogens (tertiary/aromatic N) is 2. The van der Waals surface area contributed by atoms with Crippen LogP contribution in [0.1, 0.15) is 43.7 Å². The number of piperidine rings is 1. The molecule has 0 unspecified atom stereocenters.